The molecule has 0 aliphatic rings. The van der Waals surface area contributed by atoms with Crippen LogP contribution in [0.4, 0.5) is 10.1 Å². The van der Waals surface area contributed by atoms with Gasteiger partial charge in [-0.1, -0.05) is 0 Å². The fourth-order valence-electron chi connectivity index (χ4n) is 0.695. The van der Waals surface area contributed by atoms with E-state index < -0.39 is 0 Å². The Morgan fingerprint density at radius 3 is 2.60 bits per heavy atom. The van der Waals surface area contributed by atoms with E-state index in [1.807, 2.05) is 0 Å². The van der Waals surface area contributed by atoms with Crippen LogP contribution in [-0.2, 0) is 0 Å². The Morgan fingerprint density at radius 1 is 1.50 bits per heavy atom. The molecule has 0 spiro atoms. The Labute approximate surface area is 58.9 Å². The van der Waals surface area contributed by atoms with Crippen LogP contribution in [0.3, 0.4) is 0 Å². The molecule has 54 valence electrons. The van der Waals surface area contributed by atoms with Gasteiger partial charge in [-0.05, 0) is 13.8 Å². The van der Waals surface area contributed by atoms with Gasteiger partial charge in [0.15, 0.2) is 5.82 Å². The van der Waals surface area contributed by atoms with Gasteiger partial charge in [-0.15, -0.1) is 0 Å². The van der Waals surface area contributed by atoms with Crippen LogP contribution in [0.15, 0.2) is 6.20 Å². The van der Waals surface area contributed by atoms with E-state index in [0.29, 0.717) is 11.3 Å². The molecule has 10 heavy (non-hydrogen) atoms. The van der Waals surface area contributed by atoms with Crippen molar-refractivity contribution in [2.75, 3.05) is 5.73 Å². The van der Waals surface area contributed by atoms with Crippen LogP contribution >= 0.6 is 0 Å². The molecule has 3 heteroatoms. The zero-order chi connectivity index (χ0) is 7.72. The summed E-state index contributed by atoms with van der Waals surface area (Å²) in [5.74, 6) is -0.354. The summed E-state index contributed by atoms with van der Waals surface area (Å²) in [6, 6.07) is 0. The number of nitrogen functional groups attached to an aromatic ring is 1. The van der Waals surface area contributed by atoms with Crippen molar-refractivity contribution >= 4 is 5.69 Å². The van der Waals surface area contributed by atoms with Gasteiger partial charge in [-0.2, -0.15) is 0 Å². The quantitative estimate of drug-likeness (QED) is 0.591. The molecular weight excluding hydrogens is 131 g/mol. The summed E-state index contributed by atoms with van der Waals surface area (Å²) in [5.41, 5.74) is 6.58. The number of hydrogen-bond acceptors (Lipinski definition) is 2. The zero-order valence-corrected chi connectivity index (χ0v) is 5.98. The summed E-state index contributed by atoms with van der Waals surface area (Å²) in [7, 11) is 0. The van der Waals surface area contributed by atoms with Gasteiger partial charge in [-0.25, -0.2) is 4.39 Å². The molecule has 0 amide bonds. The fraction of sp³-hybridized carbons (Fsp3) is 0.286. The predicted molar refractivity (Wildman–Crippen MR) is 38.1 cm³/mol. The van der Waals surface area contributed by atoms with Crippen LogP contribution < -0.4 is 5.73 Å². The Morgan fingerprint density at radius 2 is 2.10 bits per heavy atom. The Balaban J connectivity index is 3.34. The molecule has 0 saturated carbocycles. The van der Waals surface area contributed by atoms with Gasteiger partial charge in [0.25, 0.3) is 0 Å². The van der Waals surface area contributed by atoms with Gasteiger partial charge in [0.2, 0.25) is 0 Å². The molecule has 1 heterocycles. The molecule has 0 aromatic carbocycles. The second kappa shape index (κ2) is 2.25. The number of aromatic nitrogens is 1. The number of nitrogens with two attached hydrogens (primary N) is 1. The van der Waals surface area contributed by atoms with Crippen molar-refractivity contribution in [3.8, 4) is 0 Å². The Bertz CT molecular complexity index is 231. The van der Waals surface area contributed by atoms with Gasteiger partial charge < -0.3 is 5.73 Å². The maximum absolute atomic E-state index is 12.8. The standard InChI is InChI=1S/C7H9FN2/c1-4-5(2)10-3-6(9)7(4)8/h3H,9H2,1-2H3. The van der Waals surface area contributed by atoms with Gasteiger partial charge in [0.05, 0.1) is 11.9 Å². The molecular formula is C7H9FN2. The van der Waals surface area contributed by atoms with Gasteiger partial charge in [0, 0.05) is 11.3 Å². The van der Waals surface area contributed by atoms with Crippen molar-refractivity contribution in [2.45, 2.75) is 13.8 Å². The lowest BCUT2D eigenvalue weighted by atomic mass is 10.2. The molecule has 0 bridgehead atoms. The van der Waals surface area contributed by atoms with Gasteiger partial charge >= 0.3 is 0 Å². The Kier molecular flexibility index (Phi) is 1.57. The highest BCUT2D eigenvalue weighted by Gasteiger charge is 2.03. The molecule has 0 fully saturated rings. The minimum absolute atomic E-state index is 0.114. The van der Waals surface area contributed by atoms with Gasteiger partial charge in [0.1, 0.15) is 0 Å². The first-order valence-corrected chi connectivity index (χ1v) is 3.00. The molecule has 1 aromatic rings. The first-order chi connectivity index (χ1) is 4.63. The minimum atomic E-state index is -0.354. The molecule has 1 aromatic heterocycles. The zero-order valence-electron chi connectivity index (χ0n) is 5.98. The van der Waals surface area contributed by atoms with E-state index in [4.69, 9.17) is 5.73 Å². The first kappa shape index (κ1) is 6.99. The summed E-state index contributed by atoms with van der Waals surface area (Å²) in [5, 5.41) is 0. The SMILES string of the molecule is Cc1ncc(N)c(F)c1C. The second-order valence-corrected chi connectivity index (χ2v) is 2.24. The number of pyridine rings is 1. The molecule has 0 aliphatic carbocycles. The van der Waals surface area contributed by atoms with Gasteiger partial charge in [-0.3, -0.25) is 4.98 Å². The molecule has 0 unspecified atom stereocenters. The summed E-state index contributed by atoms with van der Waals surface area (Å²) >= 11 is 0. The number of hydrogen-bond donors (Lipinski definition) is 1. The van der Waals surface area contributed by atoms with E-state index >= 15 is 0 Å². The van der Waals surface area contributed by atoms with Crippen LogP contribution in [0.5, 0.6) is 0 Å². The van der Waals surface area contributed by atoms with Crippen molar-refractivity contribution < 1.29 is 4.39 Å². The molecule has 0 atom stereocenters. The normalized spacial score (nSPS) is 9.90. The average Bonchev–Trinajstić information content (AvgIpc) is 1.93. The lowest BCUT2D eigenvalue weighted by Gasteiger charge is -2.01. The van der Waals surface area contributed by atoms with Crippen molar-refractivity contribution in [3.63, 3.8) is 0 Å². The molecule has 2 N–H and O–H groups in total. The van der Waals surface area contributed by atoms with Crippen molar-refractivity contribution in [1.29, 1.82) is 0 Å². The van der Waals surface area contributed by atoms with Crippen LogP contribution in [0.25, 0.3) is 0 Å². The second-order valence-electron chi connectivity index (χ2n) is 2.24. The smallest absolute Gasteiger partial charge is 0.152 e. The van der Waals surface area contributed by atoms with E-state index in [0.717, 1.165) is 0 Å². The molecule has 1 rings (SSSR count). The number of nitrogens with zero attached hydrogens (tertiary/aromatic N) is 1. The first-order valence-electron chi connectivity index (χ1n) is 3.00. The minimum Gasteiger partial charge on any atom is -0.395 e. The molecule has 0 saturated heterocycles. The maximum atomic E-state index is 12.8. The highest BCUT2D eigenvalue weighted by Crippen LogP contribution is 2.14. The van der Waals surface area contributed by atoms with E-state index in [2.05, 4.69) is 4.98 Å². The average molecular weight is 140 g/mol. The van der Waals surface area contributed by atoms with Crippen molar-refractivity contribution in [2.24, 2.45) is 0 Å². The number of rotatable bonds is 0. The highest BCUT2D eigenvalue weighted by atomic mass is 19.1. The molecule has 0 aliphatic heterocycles. The van der Waals surface area contributed by atoms with E-state index in [1.165, 1.54) is 6.20 Å². The third kappa shape index (κ3) is 0.943. The van der Waals surface area contributed by atoms with Crippen LogP contribution in [0, 0.1) is 19.7 Å². The number of anilines is 1. The van der Waals surface area contributed by atoms with E-state index in [-0.39, 0.29) is 11.5 Å². The summed E-state index contributed by atoms with van der Waals surface area (Å²) < 4.78 is 12.8. The maximum Gasteiger partial charge on any atom is 0.152 e. The third-order valence-electron chi connectivity index (χ3n) is 1.52. The van der Waals surface area contributed by atoms with Crippen LogP contribution in [0.1, 0.15) is 11.3 Å². The van der Waals surface area contributed by atoms with Crippen molar-refractivity contribution in [3.05, 3.63) is 23.3 Å². The monoisotopic (exact) mass is 140 g/mol. The molecule has 0 radical (unpaired) electrons. The lowest BCUT2D eigenvalue weighted by molar-refractivity contribution is 0.618. The topological polar surface area (TPSA) is 38.9 Å². The summed E-state index contributed by atoms with van der Waals surface area (Å²) in [6.07, 6.45) is 1.33. The molecule has 2 nitrogen and oxygen atoms in total. The lowest BCUT2D eigenvalue weighted by Crippen LogP contribution is -1.97. The van der Waals surface area contributed by atoms with Crippen LogP contribution in [0.2, 0.25) is 0 Å². The fourth-order valence-corrected chi connectivity index (χ4v) is 0.695. The van der Waals surface area contributed by atoms with E-state index in [1.54, 1.807) is 13.8 Å². The summed E-state index contributed by atoms with van der Waals surface area (Å²) in [4.78, 5) is 3.87. The van der Waals surface area contributed by atoms with E-state index in [9.17, 15) is 4.39 Å². The Hall–Kier alpha value is -1.12. The van der Waals surface area contributed by atoms with Crippen LogP contribution in [-0.4, -0.2) is 4.98 Å². The van der Waals surface area contributed by atoms with Crippen molar-refractivity contribution in [1.82, 2.24) is 4.98 Å². The summed E-state index contributed by atoms with van der Waals surface area (Å²) in [6.45, 7) is 3.41. The number of aryl methyl sites for hydroxylation is 1. The predicted octanol–water partition coefficient (Wildman–Crippen LogP) is 1.42. The number of halogens is 1. The largest absolute Gasteiger partial charge is 0.395 e. The third-order valence-corrected chi connectivity index (χ3v) is 1.52. The highest BCUT2D eigenvalue weighted by molar-refractivity contribution is 5.41.